The molecular formula is C10H16ClNOS. The average Bonchev–Trinajstić information content (AvgIpc) is 2.69. The van der Waals surface area contributed by atoms with E-state index in [4.69, 9.17) is 16.3 Å². The van der Waals surface area contributed by atoms with Gasteiger partial charge in [0.25, 0.3) is 0 Å². The molecule has 1 heterocycles. The molecule has 4 heteroatoms. The summed E-state index contributed by atoms with van der Waals surface area (Å²) < 4.78 is 5.25. The van der Waals surface area contributed by atoms with Gasteiger partial charge in [0.1, 0.15) is 0 Å². The van der Waals surface area contributed by atoms with Crippen LogP contribution in [-0.2, 0) is 11.3 Å². The Morgan fingerprint density at radius 2 is 2.36 bits per heavy atom. The second-order valence-electron chi connectivity index (χ2n) is 2.91. The van der Waals surface area contributed by atoms with Gasteiger partial charge in [0.2, 0.25) is 0 Å². The Morgan fingerprint density at radius 1 is 1.43 bits per heavy atom. The van der Waals surface area contributed by atoms with E-state index in [1.807, 2.05) is 0 Å². The molecule has 1 aromatic heterocycles. The highest BCUT2D eigenvalue weighted by Gasteiger charge is 1.92. The number of ether oxygens (including phenoxy) is 1. The van der Waals surface area contributed by atoms with Crippen molar-refractivity contribution in [1.82, 2.24) is 5.32 Å². The Labute approximate surface area is 94.2 Å². The summed E-state index contributed by atoms with van der Waals surface area (Å²) in [4.78, 5) is 1.38. The lowest BCUT2D eigenvalue weighted by Gasteiger charge is -2.03. The van der Waals surface area contributed by atoms with Crippen LogP contribution in [0.2, 0.25) is 0 Å². The molecule has 0 amide bonds. The zero-order chi connectivity index (χ0) is 10.1. The van der Waals surface area contributed by atoms with E-state index in [1.165, 1.54) is 4.88 Å². The van der Waals surface area contributed by atoms with E-state index < -0.39 is 0 Å². The number of hydrogen-bond acceptors (Lipinski definition) is 3. The summed E-state index contributed by atoms with van der Waals surface area (Å²) in [7, 11) is 0. The molecule has 1 N–H and O–H groups in total. The predicted octanol–water partition coefficient (Wildman–Crippen LogP) is 2.48. The average molecular weight is 234 g/mol. The molecule has 80 valence electrons. The van der Waals surface area contributed by atoms with Crippen molar-refractivity contribution in [3.63, 3.8) is 0 Å². The monoisotopic (exact) mass is 233 g/mol. The highest BCUT2D eigenvalue weighted by molar-refractivity contribution is 7.09. The van der Waals surface area contributed by atoms with Gasteiger partial charge in [-0.1, -0.05) is 6.07 Å². The fraction of sp³-hybridized carbons (Fsp3) is 0.600. The molecule has 0 unspecified atom stereocenters. The number of thiophene rings is 1. The van der Waals surface area contributed by atoms with Crippen LogP contribution in [0.15, 0.2) is 17.5 Å². The lowest BCUT2D eigenvalue weighted by molar-refractivity contribution is 0.146. The van der Waals surface area contributed by atoms with E-state index in [0.717, 1.165) is 26.1 Å². The van der Waals surface area contributed by atoms with Gasteiger partial charge in [0, 0.05) is 23.9 Å². The summed E-state index contributed by atoms with van der Waals surface area (Å²) in [5.74, 6) is 0.586. The zero-order valence-corrected chi connectivity index (χ0v) is 9.74. The molecule has 1 aromatic rings. The van der Waals surface area contributed by atoms with Gasteiger partial charge in [-0.25, -0.2) is 0 Å². The van der Waals surface area contributed by atoms with Gasteiger partial charge < -0.3 is 10.1 Å². The molecular weight excluding hydrogens is 218 g/mol. The van der Waals surface area contributed by atoms with E-state index in [9.17, 15) is 0 Å². The zero-order valence-electron chi connectivity index (χ0n) is 8.17. The van der Waals surface area contributed by atoms with Crippen molar-refractivity contribution in [2.45, 2.75) is 13.0 Å². The number of halogens is 1. The molecule has 0 aromatic carbocycles. The first-order valence-corrected chi connectivity index (χ1v) is 6.21. The van der Waals surface area contributed by atoms with Crippen LogP contribution in [0.4, 0.5) is 0 Å². The van der Waals surface area contributed by atoms with E-state index in [1.54, 1.807) is 11.3 Å². The van der Waals surface area contributed by atoms with Crippen LogP contribution < -0.4 is 5.32 Å². The summed E-state index contributed by atoms with van der Waals surface area (Å²) in [6.45, 7) is 3.42. The molecule has 0 spiro atoms. The number of hydrogen-bond donors (Lipinski definition) is 1. The molecule has 0 fully saturated rings. The number of nitrogens with one attached hydrogen (secondary N) is 1. The van der Waals surface area contributed by atoms with Crippen molar-refractivity contribution < 1.29 is 4.74 Å². The van der Waals surface area contributed by atoms with Gasteiger partial charge in [-0.15, -0.1) is 22.9 Å². The minimum absolute atomic E-state index is 0.586. The minimum Gasteiger partial charge on any atom is -0.380 e. The standard InChI is InChI=1S/C10H16ClNOS/c11-4-7-13-6-2-5-12-9-10-3-1-8-14-10/h1,3,8,12H,2,4-7,9H2. The second-order valence-corrected chi connectivity index (χ2v) is 4.32. The van der Waals surface area contributed by atoms with Gasteiger partial charge in [-0.3, -0.25) is 0 Å². The first kappa shape index (κ1) is 12.0. The van der Waals surface area contributed by atoms with E-state index >= 15 is 0 Å². The van der Waals surface area contributed by atoms with Crippen LogP contribution in [-0.4, -0.2) is 25.6 Å². The van der Waals surface area contributed by atoms with Crippen LogP contribution in [0.3, 0.4) is 0 Å². The molecule has 0 aliphatic rings. The molecule has 0 saturated heterocycles. The molecule has 1 rings (SSSR count). The van der Waals surface area contributed by atoms with Crippen LogP contribution in [0, 0.1) is 0 Å². The van der Waals surface area contributed by atoms with Gasteiger partial charge in [0.05, 0.1) is 6.61 Å². The maximum absolute atomic E-state index is 5.47. The fourth-order valence-electron chi connectivity index (χ4n) is 1.08. The molecule has 2 nitrogen and oxygen atoms in total. The molecule has 0 atom stereocenters. The summed E-state index contributed by atoms with van der Waals surface area (Å²) in [6, 6.07) is 4.22. The smallest absolute Gasteiger partial charge is 0.0601 e. The van der Waals surface area contributed by atoms with Gasteiger partial charge >= 0.3 is 0 Å². The summed E-state index contributed by atoms with van der Waals surface area (Å²) in [5, 5.41) is 5.46. The Hall–Kier alpha value is -0.0900. The molecule has 0 aliphatic heterocycles. The van der Waals surface area contributed by atoms with E-state index in [0.29, 0.717) is 12.5 Å². The molecule has 0 saturated carbocycles. The van der Waals surface area contributed by atoms with Crippen molar-refractivity contribution in [3.8, 4) is 0 Å². The fourth-order valence-corrected chi connectivity index (χ4v) is 1.86. The normalized spacial score (nSPS) is 10.6. The topological polar surface area (TPSA) is 21.3 Å². The Morgan fingerprint density at radius 3 is 3.07 bits per heavy atom. The Kier molecular flexibility index (Phi) is 7.05. The number of rotatable bonds is 8. The predicted molar refractivity (Wildman–Crippen MR) is 62.2 cm³/mol. The molecule has 0 aliphatic carbocycles. The van der Waals surface area contributed by atoms with Crippen molar-refractivity contribution in [2.24, 2.45) is 0 Å². The Bertz CT molecular complexity index is 216. The van der Waals surface area contributed by atoms with Gasteiger partial charge in [-0.05, 0) is 24.4 Å². The van der Waals surface area contributed by atoms with Crippen molar-refractivity contribution in [3.05, 3.63) is 22.4 Å². The van der Waals surface area contributed by atoms with Crippen LogP contribution in [0.25, 0.3) is 0 Å². The third kappa shape index (κ3) is 5.60. The van der Waals surface area contributed by atoms with Crippen LogP contribution >= 0.6 is 22.9 Å². The highest BCUT2D eigenvalue weighted by Crippen LogP contribution is 2.06. The van der Waals surface area contributed by atoms with Gasteiger partial charge in [0.15, 0.2) is 0 Å². The maximum Gasteiger partial charge on any atom is 0.0601 e. The maximum atomic E-state index is 5.47. The Balaban J connectivity index is 1.85. The number of alkyl halides is 1. The third-order valence-electron chi connectivity index (χ3n) is 1.74. The quantitative estimate of drug-likeness (QED) is 0.550. The lowest BCUT2D eigenvalue weighted by atomic mass is 10.4. The van der Waals surface area contributed by atoms with E-state index in [2.05, 4.69) is 22.8 Å². The molecule has 0 bridgehead atoms. The first-order chi connectivity index (χ1) is 6.93. The SMILES string of the molecule is ClCCOCCCNCc1cccs1. The molecule has 14 heavy (non-hydrogen) atoms. The van der Waals surface area contributed by atoms with Crippen molar-refractivity contribution in [1.29, 1.82) is 0 Å². The van der Waals surface area contributed by atoms with Gasteiger partial charge in [-0.2, -0.15) is 0 Å². The van der Waals surface area contributed by atoms with Crippen LogP contribution in [0.1, 0.15) is 11.3 Å². The largest absolute Gasteiger partial charge is 0.380 e. The second kappa shape index (κ2) is 8.24. The summed E-state index contributed by atoms with van der Waals surface area (Å²) >= 11 is 7.25. The van der Waals surface area contributed by atoms with Crippen molar-refractivity contribution >= 4 is 22.9 Å². The lowest BCUT2D eigenvalue weighted by Crippen LogP contribution is -2.15. The van der Waals surface area contributed by atoms with Crippen LogP contribution in [0.5, 0.6) is 0 Å². The third-order valence-corrected chi connectivity index (χ3v) is 2.77. The molecule has 0 radical (unpaired) electrons. The van der Waals surface area contributed by atoms with Crippen molar-refractivity contribution in [2.75, 3.05) is 25.6 Å². The minimum atomic E-state index is 0.586. The summed E-state index contributed by atoms with van der Waals surface area (Å²) in [5.41, 5.74) is 0. The van der Waals surface area contributed by atoms with E-state index in [-0.39, 0.29) is 0 Å². The highest BCUT2D eigenvalue weighted by atomic mass is 35.5. The first-order valence-electron chi connectivity index (χ1n) is 4.80. The summed E-state index contributed by atoms with van der Waals surface area (Å²) in [6.07, 6.45) is 1.04.